The molecule has 0 saturated carbocycles. The molecule has 1 aliphatic rings. The number of carboxylic acids is 1. The molecule has 5 nitrogen and oxygen atoms in total. The second kappa shape index (κ2) is 5.14. The van der Waals surface area contributed by atoms with Crippen molar-refractivity contribution in [3.63, 3.8) is 0 Å². The third-order valence-electron chi connectivity index (χ3n) is 2.97. The van der Waals surface area contributed by atoms with Crippen molar-refractivity contribution in [2.75, 3.05) is 31.1 Å². The molecule has 2 N–H and O–H groups in total. The number of carboxylic acid groups (broad SMARTS) is 1. The molecule has 0 radical (unpaired) electrons. The van der Waals surface area contributed by atoms with Crippen molar-refractivity contribution in [1.29, 1.82) is 0 Å². The first-order valence-electron chi connectivity index (χ1n) is 5.85. The van der Waals surface area contributed by atoms with Crippen LogP contribution in [0.25, 0.3) is 0 Å². The van der Waals surface area contributed by atoms with Crippen molar-refractivity contribution in [3.05, 3.63) is 23.4 Å². The summed E-state index contributed by atoms with van der Waals surface area (Å²) in [6.45, 7) is 5.60. The molecule has 2 rings (SSSR count). The fourth-order valence-corrected chi connectivity index (χ4v) is 2.02. The highest BCUT2D eigenvalue weighted by molar-refractivity contribution is 5.89. The fraction of sp³-hybridized carbons (Fsp3) is 0.500. The predicted octanol–water partition coefficient (Wildman–Crippen LogP) is 0.888. The SMILES string of the molecule is Cc1nc(N2CCCNCC2)ccc1C(=O)O. The standard InChI is InChI=1S/C12H17N3O2/c1-9-10(12(16)17)3-4-11(14-9)15-7-2-5-13-6-8-15/h3-4,13H,2,5-8H2,1H3,(H,16,17). The van der Waals surface area contributed by atoms with E-state index in [1.165, 1.54) is 0 Å². The quantitative estimate of drug-likeness (QED) is 0.797. The summed E-state index contributed by atoms with van der Waals surface area (Å²) < 4.78 is 0. The maximum atomic E-state index is 10.9. The molecule has 17 heavy (non-hydrogen) atoms. The first-order chi connectivity index (χ1) is 8.18. The molecule has 5 heteroatoms. The average molecular weight is 235 g/mol. The van der Waals surface area contributed by atoms with Gasteiger partial charge in [0.1, 0.15) is 5.82 Å². The smallest absolute Gasteiger partial charge is 0.337 e. The van der Waals surface area contributed by atoms with Gasteiger partial charge < -0.3 is 15.3 Å². The van der Waals surface area contributed by atoms with E-state index in [0.717, 1.165) is 38.4 Å². The van der Waals surface area contributed by atoms with Crippen LogP contribution < -0.4 is 10.2 Å². The van der Waals surface area contributed by atoms with Gasteiger partial charge in [-0.15, -0.1) is 0 Å². The van der Waals surface area contributed by atoms with Gasteiger partial charge in [0, 0.05) is 19.6 Å². The highest BCUT2D eigenvalue weighted by Gasteiger charge is 2.13. The summed E-state index contributed by atoms with van der Waals surface area (Å²) in [6, 6.07) is 3.43. The number of pyridine rings is 1. The van der Waals surface area contributed by atoms with Crippen LogP contribution in [0.4, 0.5) is 5.82 Å². The maximum absolute atomic E-state index is 10.9. The van der Waals surface area contributed by atoms with Crippen LogP contribution in [0.15, 0.2) is 12.1 Å². The van der Waals surface area contributed by atoms with Gasteiger partial charge in [0.25, 0.3) is 0 Å². The molecule has 92 valence electrons. The Kier molecular flexibility index (Phi) is 3.58. The zero-order valence-corrected chi connectivity index (χ0v) is 9.94. The molecule has 0 bridgehead atoms. The van der Waals surface area contributed by atoms with Crippen LogP contribution in [0.2, 0.25) is 0 Å². The minimum atomic E-state index is -0.918. The van der Waals surface area contributed by atoms with Gasteiger partial charge in [-0.25, -0.2) is 9.78 Å². The second-order valence-electron chi connectivity index (χ2n) is 4.20. The number of nitrogens with one attached hydrogen (secondary N) is 1. The number of hydrogen-bond donors (Lipinski definition) is 2. The molecule has 0 amide bonds. The molecule has 0 atom stereocenters. The number of hydrogen-bond acceptors (Lipinski definition) is 4. The van der Waals surface area contributed by atoms with E-state index in [9.17, 15) is 4.79 Å². The first-order valence-corrected chi connectivity index (χ1v) is 5.85. The van der Waals surface area contributed by atoms with Gasteiger partial charge in [-0.2, -0.15) is 0 Å². The molecule has 0 aromatic carbocycles. The molecule has 1 fully saturated rings. The van der Waals surface area contributed by atoms with E-state index in [1.807, 2.05) is 0 Å². The Hall–Kier alpha value is -1.62. The molecular weight excluding hydrogens is 218 g/mol. The lowest BCUT2D eigenvalue weighted by Gasteiger charge is -2.21. The lowest BCUT2D eigenvalue weighted by Crippen LogP contribution is -2.28. The van der Waals surface area contributed by atoms with E-state index in [4.69, 9.17) is 5.11 Å². The number of nitrogens with zero attached hydrogens (tertiary/aromatic N) is 2. The molecule has 0 spiro atoms. The summed E-state index contributed by atoms with van der Waals surface area (Å²) in [5.74, 6) is -0.0460. The van der Waals surface area contributed by atoms with E-state index in [1.54, 1.807) is 19.1 Å². The van der Waals surface area contributed by atoms with Gasteiger partial charge in [-0.3, -0.25) is 0 Å². The number of aryl methyl sites for hydroxylation is 1. The Balaban J connectivity index is 2.21. The molecule has 1 aromatic rings. The molecule has 1 aromatic heterocycles. The zero-order chi connectivity index (χ0) is 12.3. The van der Waals surface area contributed by atoms with Crippen molar-refractivity contribution in [1.82, 2.24) is 10.3 Å². The van der Waals surface area contributed by atoms with E-state index < -0.39 is 5.97 Å². The van der Waals surface area contributed by atoms with Gasteiger partial charge in [0.05, 0.1) is 11.3 Å². The van der Waals surface area contributed by atoms with Gasteiger partial charge in [-0.05, 0) is 32.0 Å². The van der Waals surface area contributed by atoms with Gasteiger partial charge in [0.15, 0.2) is 0 Å². The Labute approximate surface area is 100 Å². The summed E-state index contributed by atoms with van der Waals surface area (Å²) >= 11 is 0. The number of aromatic nitrogens is 1. The predicted molar refractivity (Wildman–Crippen MR) is 65.6 cm³/mol. The normalized spacial score (nSPS) is 16.6. The van der Waals surface area contributed by atoms with Crippen LogP contribution in [0.1, 0.15) is 22.5 Å². The topological polar surface area (TPSA) is 65.5 Å². The third kappa shape index (κ3) is 2.74. The summed E-state index contributed by atoms with van der Waals surface area (Å²) in [4.78, 5) is 17.5. The summed E-state index contributed by atoms with van der Waals surface area (Å²) in [6.07, 6.45) is 1.08. The molecule has 0 aliphatic carbocycles. The minimum Gasteiger partial charge on any atom is -0.478 e. The van der Waals surface area contributed by atoms with Crippen molar-refractivity contribution in [2.45, 2.75) is 13.3 Å². The highest BCUT2D eigenvalue weighted by Crippen LogP contribution is 2.15. The number of aromatic carboxylic acids is 1. The minimum absolute atomic E-state index is 0.279. The van der Waals surface area contributed by atoms with Crippen molar-refractivity contribution in [3.8, 4) is 0 Å². The molecular formula is C12H17N3O2. The second-order valence-corrected chi connectivity index (χ2v) is 4.20. The summed E-state index contributed by atoms with van der Waals surface area (Å²) in [5, 5.41) is 12.3. The van der Waals surface area contributed by atoms with Crippen LogP contribution in [0, 0.1) is 6.92 Å². The van der Waals surface area contributed by atoms with Crippen LogP contribution >= 0.6 is 0 Å². The van der Waals surface area contributed by atoms with Crippen LogP contribution in [-0.4, -0.2) is 42.2 Å². The first kappa shape index (κ1) is 11.9. The molecule has 2 heterocycles. The Morgan fingerprint density at radius 2 is 2.24 bits per heavy atom. The lowest BCUT2D eigenvalue weighted by molar-refractivity contribution is 0.0695. The van der Waals surface area contributed by atoms with E-state index in [-0.39, 0.29) is 5.56 Å². The highest BCUT2D eigenvalue weighted by atomic mass is 16.4. The van der Waals surface area contributed by atoms with Gasteiger partial charge in [-0.1, -0.05) is 0 Å². The average Bonchev–Trinajstić information content (AvgIpc) is 2.56. The molecule has 1 saturated heterocycles. The van der Waals surface area contributed by atoms with Crippen LogP contribution in [0.5, 0.6) is 0 Å². The monoisotopic (exact) mass is 235 g/mol. The van der Waals surface area contributed by atoms with Crippen molar-refractivity contribution < 1.29 is 9.90 Å². The Morgan fingerprint density at radius 3 is 2.94 bits per heavy atom. The van der Waals surface area contributed by atoms with E-state index in [0.29, 0.717) is 5.69 Å². The number of carbonyl (C=O) groups is 1. The van der Waals surface area contributed by atoms with Crippen molar-refractivity contribution >= 4 is 11.8 Å². The summed E-state index contributed by atoms with van der Waals surface area (Å²) in [7, 11) is 0. The van der Waals surface area contributed by atoms with Crippen molar-refractivity contribution in [2.24, 2.45) is 0 Å². The Morgan fingerprint density at radius 1 is 1.41 bits per heavy atom. The Bertz CT molecular complexity index is 412. The maximum Gasteiger partial charge on any atom is 0.337 e. The number of anilines is 1. The van der Waals surface area contributed by atoms with Gasteiger partial charge in [0.2, 0.25) is 0 Å². The van der Waals surface area contributed by atoms with Crippen LogP contribution in [-0.2, 0) is 0 Å². The molecule has 1 aliphatic heterocycles. The number of rotatable bonds is 2. The van der Waals surface area contributed by atoms with E-state index >= 15 is 0 Å². The van der Waals surface area contributed by atoms with Crippen LogP contribution in [0.3, 0.4) is 0 Å². The lowest BCUT2D eigenvalue weighted by atomic mass is 10.2. The van der Waals surface area contributed by atoms with E-state index in [2.05, 4.69) is 15.2 Å². The largest absolute Gasteiger partial charge is 0.478 e. The summed E-state index contributed by atoms with van der Waals surface area (Å²) in [5.41, 5.74) is 0.855. The zero-order valence-electron chi connectivity index (χ0n) is 9.94. The third-order valence-corrected chi connectivity index (χ3v) is 2.97. The van der Waals surface area contributed by atoms with Gasteiger partial charge >= 0.3 is 5.97 Å². The molecule has 0 unspecified atom stereocenters. The fourth-order valence-electron chi connectivity index (χ4n) is 2.02.